The summed E-state index contributed by atoms with van der Waals surface area (Å²) in [5.74, 6) is 0.657. The van der Waals surface area contributed by atoms with Crippen molar-refractivity contribution in [1.29, 1.82) is 0 Å². The molecular formula is C20H28N4O. The highest BCUT2D eigenvalue weighted by Gasteiger charge is 2.09. The van der Waals surface area contributed by atoms with Crippen molar-refractivity contribution in [2.24, 2.45) is 0 Å². The Bertz CT molecular complexity index is 673. The second-order valence-electron chi connectivity index (χ2n) is 6.27. The van der Waals surface area contributed by atoms with E-state index in [-0.39, 0.29) is 5.91 Å². The Kier molecular flexibility index (Phi) is 6.95. The predicted molar refractivity (Wildman–Crippen MR) is 104 cm³/mol. The van der Waals surface area contributed by atoms with Crippen LogP contribution >= 0.6 is 0 Å². The number of carbonyl (C=O) groups is 1. The monoisotopic (exact) mass is 340 g/mol. The van der Waals surface area contributed by atoms with Crippen LogP contribution in [0.15, 0.2) is 36.5 Å². The van der Waals surface area contributed by atoms with Crippen molar-refractivity contribution >= 4 is 17.4 Å². The number of carbonyl (C=O) groups excluding carboxylic acids is 1. The fourth-order valence-corrected chi connectivity index (χ4v) is 2.63. The molecule has 1 aromatic carbocycles. The number of likely N-dealkylation sites (N-methyl/N-ethyl adjacent to an activating group) is 1. The third kappa shape index (κ3) is 5.29. The van der Waals surface area contributed by atoms with Gasteiger partial charge in [-0.05, 0) is 50.2 Å². The van der Waals surface area contributed by atoms with Crippen LogP contribution in [0.1, 0.15) is 35.3 Å². The van der Waals surface area contributed by atoms with E-state index >= 15 is 0 Å². The van der Waals surface area contributed by atoms with E-state index in [1.54, 1.807) is 12.3 Å². The van der Waals surface area contributed by atoms with Crippen molar-refractivity contribution in [1.82, 2.24) is 15.2 Å². The van der Waals surface area contributed by atoms with Crippen molar-refractivity contribution in [2.45, 2.75) is 26.7 Å². The number of rotatable bonds is 8. The topological polar surface area (TPSA) is 57.3 Å². The van der Waals surface area contributed by atoms with Gasteiger partial charge in [0.05, 0.1) is 5.56 Å². The first-order chi connectivity index (χ1) is 12.0. The summed E-state index contributed by atoms with van der Waals surface area (Å²) in [5.41, 5.74) is 4.24. The maximum absolute atomic E-state index is 12.1. The number of para-hydroxylation sites is 1. The Labute approximate surface area is 150 Å². The number of nitrogens with one attached hydrogen (secondary N) is 2. The van der Waals surface area contributed by atoms with Crippen molar-refractivity contribution in [3.8, 4) is 0 Å². The van der Waals surface area contributed by atoms with E-state index in [1.165, 1.54) is 11.1 Å². The van der Waals surface area contributed by atoms with E-state index < -0.39 is 0 Å². The fraction of sp³-hybridized carbons (Fsp3) is 0.400. The quantitative estimate of drug-likeness (QED) is 0.774. The van der Waals surface area contributed by atoms with Gasteiger partial charge in [0.25, 0.3) is 5.91 Å². The molecule has 134 valence electrons. The molecule has 2 rings (SSSR count). The van der Waals surface area contributed by atoms with Crippen molar-refractivity contribution in [2.75, 3.05) is 32.5 Å². The molecule has 0 fully saturated rings. The smallest absolute Gasteiger partial charge is 0.252 e. The van der Waals surface area contributed by atoms with Crippen LogP contribution < -0.4 is 10.6 Å². The highest BCUT2D eigenvalue weighted by Crippen LogP contribution is 2.25. The molecule has 25 heavy (non-hydrogen) atoms. The minimum atomic E-state index is -0.0934. The summed E-state index contributed by atoms with van der Waals surface area (Å²) in [6, 6.07) is 10.0. The van der Waals surface area contributed by atoms with Gasteiger partial charge in [0.2, 0.25) is 0 Å². The molecule has 0 aliphatic carbocycles. The first kappa shape index (κ1) is 18.9. The Morgan fingerprint density at radius 1 is 1.08 bits per heavy atom. The molecular weight excluding hydrogens is 312 g/mol. The zero-order valence-electron chi connectivity index (χ0n) is 15.6. The Morgan fingerprint density at radius 2 is 1.76 bits per heavy atom. The summed E-state index contributed by atoms with van der Waals surface area (Å²) in [5, 5.41) is 6.31. The van der Waals surface area contributed by atoms with Gasteiger partial charge < -0.3 is 15.5 Å². The van der Waals surface area contributed by atoms with Crippen LogP contribution in [0.25, 0.3) is 0 Å². The third-order valence-electron chi connectivity index (χ3n) is 4.12. The van der Waals surface area contributed by atoms with Gasteiger partial charge in [0, 0.05) is 25.0 Å². The Balaban J connectivity index is 2.07. The van der Waals surface area contributed by atoms with Gasteiger partial charge in [-0.25, -0.2) is 4.98 Å². The molecule has 0 atom stereocenters. The number of aromatic nitrogens is 1. The number of hydrogen-bond donors (Lipinski definition) is 2. The van der Waals surface area contributed by atoms with Gasteiger partial charge >= 0.3 is 0 Å². The lowest BCUT2D eigenvalue weighted by molar-refractivity contribution is 0.0950. The van der Waals surface area contributed by atoms with E-state index in [4.69, 9.17) is 0 Å². The SMILES string of the molecule is CCc1cccc(CC)c1Nc1ccc(C(=O)NCCN(C)C)cn1. The average molecular weight is 340 g/mol. The van der Waals surface area contributed by atoms with Crippen LogP contribution in [-0.2, 0) is 12.8 Å². The largest absolute Gasteiger partial charge is 0.351 e. The molecule has 0 saturated carbocycles. The molecule has 1 aromatic heterocycles. The van der Waals surface area contributed by atoms with Gasteiger partial charge in [-0.15, -0.1) is 0 Å². The molecule has 5 heteroatoms. The van der Waals surface area contributed by atoms with Crippen molar-refractivity contribution in [3.05, 3.63) is 53.2 Å². The number of nitrogens with zero attached hydrogens (tertiary/aromatic N) is 2. The molecule has 0 bridgehead atoms. The van der Waals surface area contributed by atoms with E-state index in [0.717, 1.165) is 30.9 Å². The van der Waals surface area contributed by atoms with E-state index in [2.05, 4.69) is 47.7 Å². The standard InChI is InChI=1S/C20H28N4O/c1-5-15-8-7-9-16(6-2)19(15)23-18-11-10-17(14-22-18)20(25)21-12-13-24(3)4/h7-11,14H,5-6,12-13H2,1-4H3,(H,21,25)(H,22,23). The molecule has 2 aromatic rings. The summed E-state index contributed by atoms with van der Waals surface area (Å²) in [6.07, 6.45) is 3.54. The summed E-state index contributed by atoms with van der Waals surface area (Å²) in [4.78, 5) is 18.5. The zero-order chi connectivity index (χ0) is 18.2. The number of anilines is 2. The lowest BCUT2D eigenvalue weighted by Gasteiger charge is -2.15. The van der Waals surface area contributed by atoms with E-state index in [1.807, 2.05) is 25.1 Å². The van der Waals surface area contributed by atoms with Crippen LogP contribution in [0.2, 0.25) is 0 Å². The number of pyridine rings is 1. The minimum absolute atomic E-state index is 0.0934. The van der Waals surface area contributed by atoms with E-state index in [9.17, 15) is 4.79 Å². The molecule has 1 amide bonds. The number of benzene rings is 1. The van der Waals surface area contributed by atoms with Gasteiger partial charge in [-0.1, -0.05) is 32.0 Å². The van der Waals surface area contributed by atoms with Crippen LogP contribution in [-0.4, -0.2) is 43.0 Å². The maximum atomic E-state index is 12.1. The Hall–Kier alpha value is -2.40. The van der Waals surface area contributed by atoms with Crippen LogP contribution in [0.3, 0.4) is 0 Å². The molecule has 0 unspecified atom stereocenters. The molecule has 0 aliphatic heterocycles. The first-order valence-electron chi connectivity index (χ1n) is 8.81. The number of amides is 1. The molecule has 0 saturated heterocycles. The van der Waals surface area contributed by atoms with Gasteiger partial charge in [-0.2, -0.15) is 0 Å². The average Bonchev–Trinajstić information content (AvgIpc) is 2.62. The third-order valence-corrected chi connectivity index (χ3v) is 4.12. The van der Waals surface area contributed by atoms with Crippen LogP contribution in [0.4, 0.5) is 11.5 Å². The first-order valence-corrected chi connectivity index (χ1v) is 8.81. The predicted octanol–water partition coefficient (Wildman–Crippen LogP) is 3.24. The van der Waals surface area contributed by atoms with Gasteiger partial charge in [0.15, 0.2) is 0 Å². The second-order valence-corrected chi connectivity index (χ2v) is 6.27. The second kappa shape index (κ2) is 9.18. The highest BCUT2D eigenvalue weighted by atomic mass is 16.1. The molecule has 0 spiro atoms. The fourth-order valence-electron chi connectivity index (χ4n) is 2.63. The molecule has 0 radical (unpaired) electrons. The zero-order valence-corrected chi connectivity index (χ0v) is 15.6. The summed E-state index contributed by atoms with van der Waals surface area (Å²) < 4.78 is 0. The van der Waals surface area contributed by atoms with Crippen LogP contribution in [0, 0.1) is 0 Å². The molecule has 2 N–H and O–H groups in total. The van der Waals surface area contributed by atoms with Crippen LogP contribution in [0.5, 0.6) is 0 Å². The summed E-state index contributed by atoms with van der Waals surface area (Å²) in [6.45, 7) is 5.73. The van der Waals surface area contributed by atoms with Crippen molar-refractivity contribution in [3.63, 3.8) is 0 Å². The summed E-state index contributed by atoms with van der Waals surface area (Å²) in [7, 11) is 3.96. The Morgan fingerprint density at radius 3 is 2.28 bits per heavy atom. The van der Waals surface area contributed by atoms with Gasteiger partial charge in [0.1, 0.15) is 5.82 Å². The lowest BCUT2D eigenvalue weighted by atomic mass is 10.0. The normalized spacial score (nSPS) is 10.8. The molecule has 5 nitrogen and oxygen atoms in total. The maximum Gasteiger partial charge on any atom is 0.252 e. The van der Waals surface area contributed by atoms with Gasteiger partial charge in [-0.3, -0.25) is 4.79 Å². The highest BCUT2D eigenvalue weighted by molar-refractivity contribution is 5.94. The minimum Gasteiger partial charge on any atom is -0.351 e. The number of hydrogen-bond acceptors (Lipinski definition) is 4. The lowest BCUT2D eigenvalue weighted by Crippen LogP contribution is -2.31. The molecule has 1 heterocycles. The van der Waals surface area contributed by atoms with E-state index in [0.29, 0.717) is 12.1 Å². The van der Waals surface area contributed by atoms with Crippen molar-refractivity contribution < 1.29 is 4.79 Å². The molecule has 0 aliphatic rings. The number of aryl methyl sites for hydroxylation is 2. The summed E-state index contributed by atoms with van der Waals surface area (Å²) >= 11 is 0.